The van der Waals surface area contributed by atoms with E-state index in [2.05, 4.69) is 4.99 Å². The molecule has 0 aliphatic carbocycles. The largest absolute Gasteiger partial charge is 0.466 e. The van der Waals surface area contributed by atoms with Crippen molar-refractivity contribution in [2.24, 2.45) is 4.99 Å². The van der Waals surface area contributed by atoms with E-state index in [0.29, 0.717) is 37.8 Å². The number of hydrogen-bond acceptors (Lipinski definition) is 6. The highest BCUT2D eigenvalue weighted by Crippen LogP contribution is 2.29. The Balaban J connectivity index is 1.92. The summed E-state index contributed by atoms with van der Waals surface area (Å²) >= 11 is 7.60. The van der Waals surface area contributed by atoms with Gasteiger partial charge in [0.2, 0.25) is 0 Å². The summed E-state index contributed by atoms with van der Waals surface area (Å²) in [6.45, 7) is 1.75. The van der Waals surface area contributed by atoms with Crippen LogP contribution in [0, 0.1) is 0 Å². The van der Waals surface area contributed by atoms with E-state index in [9.17, 15) is 9.59 Å². The van der Waals surface area contributed by atoms with Crippen molar-refractivity contribution in [1.29, 1.82) is 0 Å². The van der Waals surface area contributed by atoms with E-state index in [0.717, 1.165) is 5.56 Å². The molecule has 8 heteroatoms. The number of thiazole rings is 1. The smallest absolute Gasteiger partial charge is 0.337 e. The average Bonchev–Trinajstić information content (AvgIpc) is 3.31. The van der Waals surface area contributed by atoms with E-state index >= 15 is 0 Å². The molecule has 1 aromatic carbocycles. The van der Waals surface area contributed by atoms with Crippen molar-refractivity contribution in [3.8, 4) is 0 Å². The fourth-order valence-electron chi connectivity index (χ4n) is 3.38. The molecule has 0 fully saturated rings. The van der Waals surface area contributed by atoms with E-state index in [1.807, 2.05) is 18.2 Å². The number of benzene rings is 1. The van der Waals surface area contributed by atoms with Crippen LogP contribution in [0.1, 0.15) is 24.3 Å². The number of hydrogen-bond donors (Lipinski definition) is 0. The van der Waals surface area contributed by atoms with Gasteiger partial charge < -0.3 is 9.15 Å². The Hall–Kier alpha value is -2.90. The van der Waals surface area contributed by atoms with Crippen molar-refractivity contribution in [2.75, 3.05) is 7.11 Å². The molecule has 1 unspecified atom stereocenters. The van der Waals surface area contributed by atoms with Crippen LogP contribution < -0.4 is 14.9 Å². The molecule has 1 atom stereocenters. The molecule has 3 heterocycles. The molecule has 2 aromatic heterocycles. The molecule has 0 N–H and O–H groups in total. The molecule has 3 aromatic rings. The van der Waals surface area contributed by atoms with Crippen molar-refractivity contribution >= 4 is 35.0 Å². The minimum absolute atomic E-state index is 0.240. The quantitative estimate of drug-likeness (QED) is 0.599. The number of rotatable bonds is 4. The van der Waals surface area contributed by atoms with Gasteiger partial charge in [-0.15, -0.1) is 0 Å². The van der Waals surface area contributed by atoms with Crippen LogP contribution in [-0.2, 0) is 16.0 Å². The summed E-state index contributed by atoms with van der Waals surface area (Å²) in [7, 11) is 1.32. The first kappa shape index (κ1) is 19.4. The standard InChI is InChI=1S/C21H17ClN2O4S/c1-12-18(20(26)27-2)16(10-13-6-3-4-8-15(13)22)24-19(25)17(29-21(24)23-12)11-14-7-5-9-28-14/h3-9,11,16H,10H2,1-2H3. The van der Waals surface area contributed by atoms with E-state index < -0.39 is 12.0 Å². The van der Waals surface area contributed by atoms with Crippen molar-refractivity contribution < 1.29 is 13.9 Å². The Labute approximate surface area is 175 Å². The summed E-state index contributed by atoms with van der Waals surface area (Å²) in [5.41, 5.74) is 1.47. The van der Waals surface area contributed by atoms with E-state index in [-0.39, 0.29) is 5.56 Å². The highest BCUT2D eigenvalue weighted by molar-refractivity contribution is 7.07. The lowest BCUT2D eigenvalue weighted by Crippen LogP contribution is -2.40. The number of aromatic nitrogens is 1. The lowest BCUT2D eigenvalue weighted by atomic mass is 9.96. The molecule has 148 valence electrons. The van der Waals surface area contributed by atoms with Crippen LogP contribution in [0.4, 0.5) is 0 Å². The number of fused-ring (bicyclic) bond motifs is 1. The zero-order chi connectivity index (χ0) is 20.5. The number of ether oxygens (including phenoxy) is 1. The SMILES string of the molecule is COC(=O)C1=C(C)N=c2sc(=Cc3ccco3)c(=O)n2C1Cc1ccccc1Cl. The van der Waals surface area contributed by atoms with Gasteiger partial charge in [-0.3, -0.25) is 9.36 Å². The molecule has 6 nitrogen and oxygen atoms in total. The maximum Gasteiger partial charge on any atom is 0.337 e. The zero-order valence-corrected chi connectivity index (χ0v) is 17.3. The normalized spacial score (nSPS) is 16.5. The number of nitrogens with zero attached hydrogens (tertiary/aromatic N) is 2. The van der Waals surface area contributed by atoms with E-state index in [4.69, 9.17) is 20.8 Å². The zero-order valence-electron chi connectivity index (χ0n) is 15.7. The van der Waals surface area contributed by atoms with E-state index in [1.165, 1.54) is 18.4 Å². The summed E-state index contributed by atoms with van der Waals surface area (Å²) < 4.78 is 12.3. The second-order valence-electron chi connectivity index (χ2n) is 6.50. The molecule has 0 spiro atoms. The second kappa shape index (κ2) is 7.85. The maximum atomic E-state index is 13.2. The summed E-state index contributed by atoms with van der Waals surface area (Å²) in [5, 5.41) is 0.573. The summed E-state index contributed by atoms with van der Waals surface area (Å²) in [4.78, 5) is 30.8. The van der Waals surface area contributed by atoms with Crippen molar-refractivity contribution in [3.63, 3.8) is 0 Å². The molecule has 4 rings (SSSR count). The second-order valence-corrected chi connectivity index (χ2v) is 7.91. The molecular formula is C21H17ClN2O4S. The monoisotopic (exact) mass is 428 g/mol. The van der Waals surface area contributed by atoms with Gasteiger partial charge >= 0.3 is 5.97 Å². The van der Waals surface area contributed by atoms with Crippen molar-refractivity contribution in [3.05, 3.63) is 90.0 Å². The number of carbonyl (C=O) groups is 1. The van der Waals surface area contributed by atoms with Crippen LogP contribution in [0.3, 0.4) is 0 Å². The number of methoxy groups -OCH3 is 1. The molecule has 1 aliphatic heterocycles. The molecule has 0 radical (unpaired) electrons. The predicted octanol–water partition coefficient (Wildman–Crippen LogP) is 2.85. The Bertz CT molecular complexity index is 1280. The van der Waals surface area contributed by atoms with Crippen LogP contribution in [-0.4, -0.2) is 17.6 Å². The third-order valence-electron chi connectivity index (χ3n) is 4.73. The molecule has 0 bridgehead atoms. The van der Waals surface area contributed by atoms with Crippen LogP contribution in [0.2, 0.25) is 5.02 Å². The first-order valence-corrected chi connectivity index (χ1v) is 10.1. The van der Waals surface area contributed by atoms with Gasteiger partial charge in [0.25, 0.3) is 5.56 Å². The van der Waals surface area contributed by atoms with Gasteiger partial charge in [-0.25, -0.2) is 9.79 Å². The lowest BCUT2D eigenvalue weighted by Gasteiger charge is -2.24. The molecule has 1 aliphatic rings. The maximum absolute atomic E-state index is 13.2. The number of esters is 1. The van der Waals surface area contributed by atoms with Gasteiger partial charge in [-0.05, 0) is 37.1 Å². The first-order chi connectivity index (χ1) is 14.0. The number of furan rings is 1. The van der Waals surface area contributed by atoms with Gasteiger partial charge in [-0.2, -0.15) is 0 Å². The Morgan fingerprint density at radius 3 is 2.83 bits per heavy atom. The van der Waals surface area contributed by atoms with Crippen LogP contribution in [0.5, 0.6) is 0 Å². The molecule has 0 saturated heterocycles. The summed E-state index contributed by atoms with van der Waals surface area (Å²) in [5.74, 6) is 0.0606. The minimum Gasteiger partial charge on any atom is -0.466 e. The summed E-state index contributed by atoms with van der Waals surface area (Å²) in [6.07, 6.45) is 3.58. The topological polar surface area (TPSA) is 73.8 Å². The highest BCUT2D eigenvalue weighted by atomic mass is 35.5. The molecule has 0 saturated carbocycles. The Morgan fingerprint density at radius 2 is 2.14 bits per heavy atom. The minimum atomic E-state index is -0.572. The molecule has 29 heavy (non-hydrogen) atoms. The molecular weight excluding hydrogens is 412 g/mol. The Morgan fingerprint density at radius 1 is 1.34 bits per heavy atom. The fraction of sp³-hybridized carbons (Fsp3) is 0.190. The van der Waals surface area contributed by atoms with E-state index in [1.54, 1.807) is 42.0 Å². The summed E-state index contributed by atoms with van der Waals surface area (Å²) in [6, 6.07) is 10.3. The predicted molar refractivity (Wildman–Crippen MR) is 111 cm³/mol. The number of allylic oxidation sites excluding steroid dienone is 1. The van der Waals surface area contributed by atoms with Crippen molar-refractivity contribution in [1.82, 2.24) is 4.57 Å². The first-order valence-electron chi connectivity index (χ1n) is 8.87. The van der Waals surface area contributed by atoms with Crippen LogP contribution >= 0.6 is 22.9 Å². The average molecular weight is 429 g/mol. The fourth-order valence-corrected chi connectivity index (χ4v) is 4.64. The Kier molecular flexibility index (Phi) is 5.25. The van der Waals surface area contributed by atoms with Crippen molar-refractivity contribution in [2.45, 2.75) is 19.4 Å². The van der Waals surface area contributed by atoms with Crippen LogP contribution in [0.15, 0.2) is 68.1 Å². The third-order valence-corrected chi connectivity index (χ3v) is 6.08. The van der Waals surface area contributed by atoms with Gasteiger partial charge in [0.15, 0.2) is 4.80 Å². The number of carbonyl (C=O) groups excluding carboxylic acids is 1. The number of halogens is 1. The third kappa shape index (κ3) is 3.59. The highest BCUT2D eigenvalue weighted by Gasteiger charge is 2.32. The van der Waals surface area contributed by atoms with Gasteiger partial charge in [0.1, 0.15) is 5.76 Å². The molecule has 0 amide bonds. The van der Waals surface area contributed by atoms with Crippen LogP contribution in [0.25, 0.3) is 6.08 Å². The lowest BCUT2D eigenvalue weighted by molar-refractivity contribution is -0.136. The van der Waals surface area contributed by atoms with Gasteiger partial charge in [0.05, 0.1) is 35.2 Å². The van der Waals surface area contributed by atoms with Gasteiger partial charge in [0, 0.05) is 11.1 Å². The van der Waals surface area contributed by atoms with Gasteiger partial charge in [-0.1, -0.05) is 41.1 Å².